The van der Waals surface area contributed by atoms with E-state index in [1.54, 1.807) is 12.4 Å². The van der Waals surface area contributed by atoms with Crippen molar-refractivity contribution in [2.45, 2.75) is 25.8 Å². The standard InChI is InChI=1S/C15H19N3O2/c19-15(20)12-11-18(13-5-4-6-16-14(12)13)10-9-17-7-2-1-3-8-17/h4-6,11H,1-3,7-10H2,(H,19,20). The number of piperidine rings is 1. The van der Waals surface area contributed by atoms with Crippen molar-refractivity contribution in [2.24, 2.45) is 0 Å². The Bertz CT molecular complexity index is 615. The van der Waals surface area contributed by atoms with Crippen molar-refractivity contribution >= 4 is 17.0 Å². The minimum atomic E-state index is -0.912. The van der Waals surface area contributed by atoms with Crippen LogP contribution in [0.2, 0.25) is 0 Å². The number of nitrogens with zero attached hydrogens (tertiary/aromatic N) is 3. The van der Waals surface area contributed by atoms with Crippen LogP contribution in [0, 0.1) is 0 Å². The molecule has 2 aromatic heterocycles. The number of carboxylic acid groups (broad SMARTS) is 1. The SMILES string of the molecule is O=C(O)c1cn(CCN2CCCCC2)c2cccnc12. The first-order chi connectivity index (χ1) is 9.75. The van der Waals surface area contributed by atoms with Gasteiger partial charge in [0.15, 0.2) is 0 Å². The van der Waals surface area contributed by atoms with Crippen LogP contribution in [0.1, 0.15) is 29.6 Å². The molecule has 2 aromatic rings. The van der Waals surface area contributed by atoms with E-state index in [-0.39, 0.29) is 0 Å². The van der Waals surface area contributed by atoms with E-state index in [0.717, 1.165) is 31.7 Å². The maximum atomic E-state index is 11.3. The molecule has 0 saturated carbocycles. The zero-order chi connectivity index (χ0) is 13.9. The quantitative estimate of drug-likeness (QED) is 0.928. The largest absolute Gasteiger partial charge is 0.478 e. The van der Waals surface area contributed by atoms with E-state index in [4.69, 9.17) is 0 Å². The lowest BCUT2D eigenvalue weighted by Gasteiger charge is -2.26. The topological polar surface area (TPSA) is 58.4 Å². The van der Waals surface area contributed by atoms with Gasteiger partial charge in [0.2, 0.25) is 0 Å². The molecule has 1 aliphatic rings. The van der Waals surface area contributed by atoms with Gasteiger partial charge in [0.25, 0.3) is 0 Å². The number of pyridine rings is 1. The van der Waals surface area contributed by atoms with E-state index in [1.165, 1.54) is 19.3 Å². The van der Waals surface area contributed by atoms with Crippen LogP contribution in [0.25, 0.3) is 11.0 Å². The van der Waals surface area contributed by atoms with E-state index in [1.807, 2.05) is 16.7 Å². The van der Waals surface area contributed by atoms with Gasteiger partial charge in [0.05, 0.1) is 5.52 Å². The number of aromatic carboxylic acids is 1. The minimum Gasteiger partial charge on any atom is -0.478 e. The van der Waals surface area contributed by atoms with Crippen LogP contribution in [0.15, 0.2) is 24.5 Å². The van der Waals surface area contributed by atoms with Gasteiger partial charge in [-0.2, -0.15) is 0 Å². The number of carbonyl (C=O) groups is 1. The van der Waals surface area contributed by atoms with Crippen LogP contribution in [-0.2, 0) is 6.54 Å². The van der Waals surface area contributed by atoms with Gasteiger partial charge in [-0.25, -0.2) is 4.79 Å². The fourth-order valence-corrected chi connectivity index (χ4v) is 2.90. The molecule has 0 aliphatic carbocycles. The van der Waals surface area contributed by atoms with Crippen molar-refractivity contribution in [3.63, 3.8) is 0 Å². The number of carboxylic acids is 1. The van der Waals surface area contributed by atoms with E-state index in [0.29, 0.717) is 11.1 Å². The first kappa shape index (κ1) is 13.1. The summed E-state index contributed by atoms with van der Waals surface area (Å²) < 4.78 is 2.01. The third-order valence-electron chi connectivity index (χ3n) is 3.97. The van der Waals surface area contributed by atoms with Crippen molar-refractivity contribution in [3.8, 4) is 0 Å². The highest BCUT2D eigenvalue weighted by Gasteiger charge is 2.16. The Morgan fingerprint density at radius 1 is 1.25 bits per heavy atom. The van der Waals surface area contributed by atoms with Gasteiger partial charge in [0.1, 0.15) is 11.1 Å². The summed E-state index contributed by atoms with van der Waals surface area (Å²) in [5, 5.41) is 9.25. The van der Waals surface area contributed by atoms with Crippen molar-refractivity contribution in [1.29, 1.82) is 0 Å². The van der Waals surface area contributed by atoms with Crippen molar-refractivity contribution < 1.29 is 9.90 Å². The van der Waals surface area contributed by atoms with Crippen molar-refractivity contribution in [1.82, 2.24) is 14.5 Å². The molecule has 3 heterocycles. The molecular formula is C15H19N3O2. The van der Waals surface area contributed by atoms with E-state index >= 15 is 0 Å². The van der Waals surface area contributed by atoms with E-state index < -0.39 is 5.97 Å². The molecule has 5 heteroatoms. The molecule has 0 amide bonds. The van der Waals surface area contributed by atoms with Gasteiger partial charge in [-0.1, -0.05) is 6.42 Å². The zero-order valence-electron chi connectivity index (χ0n) is 11.5. The number of hydrogen-bond donors (Lipinski definition) is 1. The fourth-order valence-electron chi connectivity index (χ4n) is 2.90. The number of likely N-dealkylation sites (tertiary alicyclic amines) is 1. The van der Waals surface area contributed by atoms with Gasteiger partial charge in [-0.3, -0.25) is 4.98 Å². The summed E-state index contributed by atoms with van der Waals surface area (Å²) in [4.78, 5) is 17.9. The van der Waals surface area contributed by atoms with Crippen LogP contribution in [0.3, 0.4) is 0 Å². The number of hydrogen-bond acceptors (Lipinski definition) is 3. The Kier molecular flexibility index (Phi) is 3.69. The summed E-state index contributed by atoms with van der Waals surface area (Å²) in [6.45, 7) is 4.10. The molecule has 1 aliphatic heterocycles. The first-order valence-electron chi connectivity index (χ1n) is 7.15. The lowest BCUT2D eigenvalue weighted by Crippen LogP contribution is -2.32. The van der Waals surface area contributed by atoms with Crippen LogP contribution in [-0.4, -0.2) is 45.2 Å². The number of aromatic nitrogens is 2. The van der Waals surface area contributed by atoms with Gasteiger partial charge in [-0.15, -0.1) is 0 Å². The van der Waals surface area contributed by atoms with Gasteiger partial charge in [0, 0.05) is 25.5 Å². The molecule has 0 spiro atoms. The highest BCUT2D eigenvalue weighted by Crippen LogP contribution is 2.19. The second-order valence-corrected chi connectivity index (χ2v) is 5.31. The average molecular weight is 273 g/mol. The third kappa shape index (κ3) is 2.54. The van der Waals surface area contributed by atoms with E-state index in [9.17, 15) is 9.90 Å². The predicted molar refractivity (Wildman–Crippen MR) is 77.0 cm³/mol. The zero-order valence-corrected chi connectivity index (χ0v) is 11.5. The summed E-state index contributed by atoms with van der Waals surface area (Å²) >= 11 is 0. The molecule has 5 nitrogen and oxygen atoms in total. The molecule has 106 valence electrons. The monoisotopic (exact) mass is 273 g/mol. The Hall–Kier alpha value is -1.88. The second-order valence-electron chi connectivity index (χ2n) is 5.31. The Labute approximate surface area is 117 Å². The molecule has 1 saturated heterocycles. The highest BCUT2D eigenvalue weighted by atomic mass is 16.4. The maximum absolute atomic E-state index is 11.3. The molecule has 3 rings (SSSR count). The fraction of sp³-hybridized carbons (Fsp3) is 0.467. The Morgan fingerprint density at radius 2 is 2.05 bits per heavy atom. The summed E-state index contributed by atoms with van der Waals surface area (Å²) in [5.74, 6) is -0.912. The highest BCUT2D eigenvalue weighted by molar-refractivity contribution is 6.01. The molecule has 0 aromatic carbocycles. The first-order valence-corrected chi connectivity index (χ1v) is 7.15. The average Bonchev–Trinajstić information content (AvgIpc) is 2.85. The molecule has 1 N–H and O–H groups in total. The molecule has 0 bridgehead atoms. The predicted octanol–water partition coefficient (Wildman–Crippen LogP) is 2.22. The third-order valence-corrected chi connectivity index (χ3v) is 3.97. The summed E-state index contributed by atoms with van der Waals surface area (Å²) in [6, 6.07) is 3.79. The molecule has 0 radical (unpaired) electrons. The summed E-state index contributed by atoms with van der Waals surface area (Å²) in [7, 11) is 0. The van der Waals surface area contributed by atoms with E-state index in [2.05, 4.69) is 9.88 Å². The lowest BCUT2D eigenvalue weighted by molar-refractivity contribution is 0.0698. The van der Waals surface area contributed by atoms with Crippen LogP contribution < -0.4 is 0 Å². The summed E-state index contributed by atoms with van der Waals surface area (Å²) in [6.07, 6.45) is 7.23. The van der Waals surface area contributed by atoms with Crippen LogP contribution in [0.4, 0.5) is 0 Å². The van der Waals surface area contributed by atoms with Gasteiger partial charge < -0.3 is 14.6 Å². The number of rotatable bonds is 4. The van der Waals surface area contributed by atoms with Crippen LogP contribution in [0.5, 0.6) is 0 Å². The normalized spacial score (nSPS) is 16.6. The lowest BCUT2D eigenvalue weighted by atomic mass is 10.1. The molecule has 1 fully saturated rings. The van der Waals surface area contributed by atoms with Gasteiger partial charge in [-0.05, 0) is 38.1 Å². The number of fused-ring (bicyclic) bond motifs is 1. The Morgan fingerprint density at radius 3 is 2.80 bits per heavy atom. The minimum absolute atomic E-state index is 0.291. The smallest absolute Gasteiger partial charge is 0.339 e. The molecule has 0 atom stereocenters. The van der Waals surface area contributed by atoms with Gasteiger partial charge >= 0.3 is 5.97 Å². The molecule has 0 unspecified atom stereocenters. The van der Waals surface area contributed by atoms with Crippen molar-refractivity contribution in [2.75, 3.05) is 19.6 Å². The Balaban J connectivity index is 1.82. The second kappa shape index (κ2) is 5.63. The van der Waals surface area contributed by atoms with Crippen molar-refractivity contribution in [3.05, 3.63) is 30.1 Å². The molecular weight excluding hydrogens is 254 g/mol. The molecule has 20 heavy (non-hydrogen) atoms. The maximum Gasteiger partial charge on any atom is 0.339 e. The van der Waals surface area contributed by atoms with Crippen LogP contribution >= 0.6 is 0 Å². The summed E-state index contributed by atoms with van der Waals surface area (Å²) in [5.41, 5.74) is 1.78.